The second-order valence-electron chi connectivity index (χ2n) is 7.22. The molecule has 3 atom stereocenters. The van der Waals surface area contributed by atoms with E-state index in [9.17, 15) is 27.9 Å². The molecular formula is C20H27F3N4O5. The Morgan fingerprint density at radius 3 is 2.59 bits per heavy atom. The molecule has 1 aliphatic heterocycles. The van der Waals surface area contributed by atoms with Crippen LogP contribution in [-0.4, -0.2) is 78.2 Å². The lowest BCUT2D eigenvalue weighted by Gasteiger charge is -2.35. The molecule has 1 saturated heterocycles. The average Bonchev–Trinajstić information content (AvgIpc) is 2.76. The Balaban J connectivity index is 1.96. The number of nitrogens with zero attached hydrogens (tertiary/aromatic N) is 1. The number of morpholine rings is 1. The summed E-state index contributed by atoms with van der Waals surface area (Å²) in [5.41, 5.74) is 6.02. The van der Waals surface area contributed by atoms with E-state index in [0.717, 1.165) is 0 Å². The number of carbonyl (C=O) groups excluding carboxylic acids is 2. The van der Waals surface area contributed by atoms with Crippen molar-refractivity contribution in [3.8, 4) is 0 Å². The first-order chi connectivity index (χ1) is 15.0. The van der Waals surface area contributed by atoms with Crippen LogP contribution in [0, 0.1) is 0 Å². The molecule has 0 aliphatic carbocycles. The molecule has 1 fully saturated rings. The van der Waals surface area contributed by atoms with Crippen molar-refractivity contribution in [3.63, 3.8) is 0 Å². The molecular weight excluding hydrogens is 433 g/mol. The molecule has 0 saturated carbocycles. The number of benzene rings is 1. The number of aliphatic hydroxyl groups excluding tert-OH is 2. The van der Waals surface area contributed by atoms with Gasteiger partial charge in [-0.15, -0.1) is 0 Å². The highest BCUT2D eigenvalue weighted by molar-refractivity contribution is 5.94. The van der Waals surface area contributed by atoms with E-state index >= 15 is 0 Å². The van der Waals surface area contributed by atoms with Gasteiger partial charge >= 0.3 is 6.18 Å². The molecule has 2 amide bonds. The fraction of sp³-hybridized carbons (Fsp3) is 0.500. The van der Waals surface area contributed by atoms with Gasteiger partial charge in [-0.05, 0) is 30.7 Å². The van der Waals surface area contributed by atoms with Crippen molar-refractivity contribution in [2.75, 3.05) is 32.8 Å². The number of ether oxygens (including phenoxy) is 1. The largest absolute Gasteiger partial charge is 0.503 e. The van der Waals surface area contributed by atoms with E-state index in [4.69, 9.17) is 15.6 Å². The maximum absolute atomic E-state index is 12.5. The smallest absolute Gasteiger partial charge is 0.427 e. The van der Waals surface area contributed by atoms with Crippen molar-refractivity contribution in [2.45, 2.75) is 31.4 Å². The summed E-state index contributed by atoms with van der Waals surface area (Å²) >= 11 is 0. The Morgan fingerprint density at radius 2 is 2.00 bits per heavy atom. The molecule has 1 aliphatic rings. The first-order valence-corrected chi connectivity index (χ1v) is 9.91. The molecule has 0 radical (unpaired) electrons. The number of amides is 2. The standard InChI is InChI=1S/C20H27F3N4O5/c1-12(26-19(31)20(21,22)23)13-2-4-14(5-3-13)17(29)25-10-15-11-32-9-8-27(15)18(30)16(28)6-7-24/h2-6,12,15,19,26,28,31H,7-11,24H2,1H3,(H,25,29)/b16-6-/t12?,15-,19?/m1/s1. The van der Waals surface area contributed by atoms with Crippen molar-refractivity contribution in [3.05, 3.63) is 47.2 Å². The van der Waals surface area contributed by atoms with Crippen molar-refractivity contribution in [1.82, 2.24) is 15.5 Å². The number of hydrogen-bond acceptors (Lipinski definition) is 7. The number of aliphatic hydroxyl groups is 2. The highest BCUT2D eigenvalue weighted by Gasteiger charge is 2.39. The van der Waals surface area contributed by atoms with Gasteiger partial charge in [0.05, 0.1) is 19.3 Å². The zero-order valence-electron chi connectivity index (χ0n) is 17.4. The van der Waals surface area contributed by atoms with Crippen molar-refractivity contribution in [2.24, 2.45) is 5.73 Å². The Bertz CT molecular complexity index is 816. The lowest BCUT2D eigenvalue weighted by atomic mass is 10.1. The minimum absolute atomic E-state index is 0.00259. The minimum atomic E-state index is -4.79. The van der Waals surface area contributed by atoms with Crippen LogP contribution in [0.15, 0.2) is 36.1 Å². The maximum Gasteiger partial charge on any atom is 0.427 e. The number of nitrogens with two attached hydrogens (primary N) is 1. The molecule has 178 valence electrons. The summed E-state index contributed by atoms with van der Waals surface area (Å²) < 4.78 is 42.8. The molecule has 6 N–H and O–H groups in total. The van der Waals surface area contributed by atoms with Crippen LogP contribution in [0.1, 0.15) is 28.9 Å². The zero-order chi connectivity index (χ0) is 23.9. The first-order valence-electron chi connectivity index (χ1n) is 9.91. The van der Waals surface area contributed by atoms with E-state index in [2.05, 4.69) is 5.32 Å². The van der Waals surface area contributed by atoms with Gasteiger partial charge in [-0.2, -0.15) is 13.2 Å². The third-order valence-electron chi connectivity index (χ3n) is 4.91. The summed E-state index contributed by atoms with van der Waals surface area (Å²) in [6, 6.07) is 4.53. The molecule has 9 nitrogen and oxygen atoms in total. The van der Waals surface area contributed by atoms with Crippen LogP contribution in [-0.2, 0) is 9.53 Å². The first kappa shape index (κ1) is 25.6. The van der Waals surface area contributed by atoms with Gasteiger partial charge in [-0.3, -0.25) is 14.9 Å². The van der Waals surface area contributed by atoms with Gasteiger partial charge in [-0.25, -0.2) is 0 Å². The molecule has 0 bridgehead atoms. The summed E-state index contributed by atoms with van der Waals surface area (Å²) in [6.45, 7) is 2.23. The van der Waals surface area contributed by atoms with Crippen LogP contribution in [0.25, 0.3) is 0 Å². The van der Waals surface area contributed by atoms with Crippen LogP contribution < -0.4 is 16.4 Å². The van der Waals surface area contributed by atoms with Crippen LogP contribution in [0.2, 0.25) is 0 Å². The number of nitrogens with one attached hydrogen (secondary N) is 2. The zero-order valence-corrected chi connectivity index (χ0v) is 17.4. The fourth-order valence-corrected chi connectivity index (χ4v) is 3.10. The third-order valence-corrected chi connectivity index (χ3v) is 4.91. The van der Waals surface area contributed by atoms with Gasteiger partial charge in [0.2, 0.25) is 6.23 Å². The molecule has 0 spiro atoms. The molecule has 12 heteroatoms. The normalized spacial score (nSPS) is 19.4. The van der Waals surface area contributed by atoms with Crippen LogP contribution >= 0.6 is 0 Å². The summed E-state index contributed by atoms with van der Waals surface area (Å²) in [5, 5.41) is 23.6. The molecule has 1 heterocycles. The summed E-state index contributed by atoms with van der Waals surface area (Å²) in [7, 11) is 0. The van der Waals surface area contributed by atoms with Crippen molar-refractivity contribution >= 4 is 11.8 Å². The van der Waals surface area contributed by atoms with E-state index in [1.54, 1.807) is 0 Å². The predicted octanol–water partition coefficient (Wildman–Crippen LogP) is 0.576. The quantitative estimate of drug-likeness (QED) is 0.217. The Labute approximate surface area is 183 Å². The van der Waals surface area contributed by atoms with E-state index in [1.165, 1.54) is 42.2 Å². The summed E-state index contributed by atoms with van der Waals surface area (Å²) in [6.07, 6.45) is -6.26. The van der Waals surface area contributed by atoms with Crippen molar-refractivity contribution < 1.29 is 37.7 Å². The van der Waals surface area contributed by atoms with E-state index < -0.39 is 42.1 Å². The van der Waals surface area contributed by atoms with E-state index in [-0.39, 0.29) is 31.8 Å². The Hall–Kier alpha value is -2.67. The molecule has 2 rings (SSSR count). The molecule has 1 aromatic carbocycles. The number of rotatable bonds is 8. The van der Waals surface area contributed by atoms with Gasteiger partial charge in [0.25, 0.3) is 11.8 Å². The SMILES string of the molecule is CC(NC(O)C(F)(F)F)c1ccc(C(=O)NC[C@@H]2COCCN2C(=O)/C(O)=C/CN)cc1. The molecule has 1 aromatic rings. The van der Waals surface area contributed by atoms with Gasteiger partial charge in [-0.1, -0.05) is 12.1 Å². The van der Waals surface area contributed by atoms with Gasteiger partial charge in [0.1, 0.15) is 0 Å². The van der Waals surface area contributed by atoms with E-state index in [0.29, 0.717) is 12.2 Å². The summed E-state index contributed by atoms with van der Waals surface area (Å²) in [5.74, 6) is -1.53. The number of alkyl halides is 3. The minimum Gasteiger partial charge on any atom is -0.503 e. The van der Waals surface area contributed by atoms with Crippen LogP contribution in [0.3, 0.4) is 0 Å². The Kier molecular flexibility index (Phi) is 9.01. The lowest BCUT2D eigenvalue weighted by Crippen LogP contribution is -2.54. The van der Waals surface area contributed by atoms with Gasteiger partial charge in [0.15, 0.2) is 5.76 Å². The fourth-order valence-electron chi connectivity index (χ4n) is 3.10. The number of hydrogen-bond donors (Lipinski definition) is 5. The highest BCUT2D eigenvalue weighted by Crippen LogP contribution is 2.22. The molecule has 0 aromatic heterocycles. The highest BCUT2D eigenvalue weighted by atomic mass is 19.4. The van der Waals surface area contributed by atoms with Crippen molar-refractivity contribution in [1.29, 1.82) is 0 Å². The lowest BCUT2D eigenvalue weighted by molar-refractivity contribution is -0.215. The second-order valence-corrected chi connectivity index (χ2v) is 7.22. The number of halogens is 3. The molecule has 32 heavy (non-hydrogen) atoms. The third kappa shape index (κ3) is 6.92. The number of carbonyl (C=O) groups is 2. The van der Waals surface area contributed by atoms with E-state index in [1.807, 2.05) is 5.32 Å². The van der Waals surface area contributed by atoms with Crippen LogP contribution in [0.5, 0.6) is 0 Å². The second kappa shape index (κ2) is 11.3. The van der Waals surface area contributed by atoms with Gasteiger partial charge < -0.3 is 30.9 Å². The molecule has 2 unspecified atom stereocenters. The monoisotopic (exact) mass is 460 g/mol. The average molecular weight is 460 g/mol. The summed E-state index contributed by atoms with van der Waals surface area (Å²) in [4.78, 5) is 26.2. The predicted molar refractivity (Wildman–Crippen MR) is 108 cm³/mol. The maximum atomic E-state index is 12.5. The van der Waals surface area contributed by atoms with Crippen LogP contribution in [0.4, 0.5) is 13.2 Å². The van der Waals surface area contributed by atoms with Gasteiger partial charge in [0, 0.05) is 31.2 Å². The topological polar surface area (TPSA) is 137 Å². The Morgan fingerprint density at radius 1 is 1.34 bits per heavy atom.